The lowest BCUT2D eigenvalue weighted by molar-refractivity contribution is 0.804. The highest BCUT2D eigenvalue weighted by Crippen LogP contribution is 2.07. The van der Waals surface area contributed by atoms with Crippen molar-refractivity contribution in [1.29, 1.82) is 0 Å². The van der Waals surface area contributed by atoms with Crippen LogP contribution in [0.1, 0.15) is 16.7 Å². The minimum atomic E-state index is 0. The number of aryl methyl sites for hydroxylation is 1. The summed E-state index contributed by atoms with van der Waals surface area (Å²) >= 11 is 0. The van der Waals surface area contributed by atoms with E-state index in [2.05, 4.69) is 50.7 Å². The molecule has 0 aliphatic rings. The van der Waals surface area contributed by atoms with Crippen molar-refractivity contribution in [1.82, 2.24) is 25.2 Å². The molecule has 0 amide bonds. The van der Waals surface area contributed by atoms with E-state index in [1.807, 2.05) is 29.0 Å². The molecule has 7 heteroatoms. The predicted molar refractivity (Wildman–Crippen MR) is 115 cm³/mol. The van der Waals surface area contributed by atoms with Crippen LogP contribution in [0.25, 0.3) is 5.82 Å². The van der Waals surface area contributed by atoms with Crippen LogP contribution in [0.4, 0.5) is 0 Å². The van der Waals surface area contributed by atoms with Crippen molar-refractivity contribution in [2.45, 2.75) is 20.0 Å². The van der Waals surface area contributed by atoms with E-state index in [4.69, 9.17) is 0 Å². The van der Waals surface area contributed by atoms with Crippen LogP contribution in [0.5, 0.6) is 0 Å². The van der Waals surface area contributed by atoms with E-state index >= 15 is 0 Å². The van der Waals surface area contributed by atoms with Gasteiger partial charge in [-0.15, -0.1) is 24.0 Å². The summed E-state index contributed by atoms with van der Waals surface area (Å²) in [7, 11) is 1.77. The number of benzene rings is 1. The van der Waals surface area contributed by atoms with Gasteiger partial charge >= 0.3 is 0 Å². The van der Waals surface area contributed by atoms with Crippen LogP contribution in [-0.4, -0.2) is 27.5 Å². The molecule has 136 valence electrons. The molecule has 0 aliphatic heterocycles. The van der Waals surface area contributed by atoms with Gasteiger partial charge in [0, 0.05) is 38.7 Å². The average molecular weight is 462 g/mol. The fourth-order valence-electron chi connectivity index (χ4n) is 2.50. The van der Waals surface area contributed by atoms with Gasteiger partial charge in [-0.05, 0) is 35.7 Å². The average Bonchev–Trinajstić information content (AvgIpc) is 3.18. The molecular weight excluding hydrogens is 439 g/mol. The smallest absolute Gasteiger partial charge is 0.191 e. The SMILES string of the molecule is CN=C(NCc1ccnc(-n2ccnc2)c1)NCc1ccccc1C.I. The number of rotatable bonds is 5. The first kappa shape index (κ1) is 19.9. The molecule has 0 fully saturated rings. The highest BCUT2D eigenvalue weighted by molar-refractivity contribution is 14.0. The molecule has 2 heterocycles. The summed E-state index contributed by atoms with van der Waals surface area (Å²) in [5.74, 6) is 1.61. The lowest BCUT2D eigenvalue weighted by Crippen LogP contribution is -2.36. The number of hydrogen-bond acceptors (Lipinski definition) is 3. The topological polar surface area (TPSA) is 67.1 Å². The third-order valence-corrected chi connectivity index (χ3v) is 3.97. The maximum atomic E-state index is 4.36. The van der Waals surface area contributed by atoms with Crippen molar-refractivity contribution in [2.24, 2.45) is 4.99 Å². The normalized spacial score (nSPS) is 10.9. The number of nitrogens with zero attached hydrogens (tertiary/aromatic N) is 4. The Morgan fingerprint density at radius 2 is 1.92 bits per heavy atom. The van der Waals surface area contributed by atoms with Gasteiger partial charge in [-0.2, -0.15) is 0 Å². The molecule has 2 aromatic heterocycles. The van der Waals surface area contributed by atoms with Crippen LogP contribution in [0.3, 0.4) is 0 Å². The van der Waals surface area contributed by atoms with Crippen molar-refractivity contribution in [3.05, 3.63) is 78.0 Å². The Bertz CT molecular complexity index is 845. The predicted octanol–water partition coefficient (Wildman–Crippen LogP) is 3.06. The van der Waals surface area contributed by atoms with E-state index in [1.54, 1.807) is 25.8 Å². The van der Waals surface area contributed by atoms with Gasteiger partial charge < -0.3 is 10.6 Å². The van der Waals surface area contributed by atoms with Crippen LogP contribution < -0.4 is 10.6 Å². The van der Waals surface area contributed by atoms with E-state index in [-0.39, 0.29) is 24.0 Å². The van der Waals surface area contributed by atoms with Gasteiger partial charge in [-0.1, -0.05) is 24.3 Å². The third kappa shape index (κ3) is 5.29. The van der Waals surface area contributed by atoms with Gasteiger partial charge in [0.2, 0.25) is 0 Å². The molecule has 0 unspecified atom stereocenters. The zero-order valence-corrected chi connectivity index (χ0v) is 17.2. The molecule has 0 saturated carbocycles. The van der Waals surface area contributed by atoms with Crippen molar-refractivity contribution < 1.29 is 0 Å². The highest BCUT2D eigenvalue weighted by Gasteiger charge is 2.03. The second-order valence-corrected chi connectivity index (χ2v) is 5.70. The minimum absolute atomic E-state index is 0. The summed E-state index contributed by atoms with van der Waals surface area (Å²) in [6.07, 6.45) is 7.16. The maximum absolute atomic E-state index is 4.36. The monoisotopic (exact) mass is 462 g/mol. The Balaban J connectivity index is 0.00000243. The Labute approximate surface area is 170 Å². The van der Waals surface area contributed by atoms with E-state index in [1.165, 1.54) is 11.1 Å². The molecule has 0 atom stereocenters. The molecule has 6 nitrogen and oxygen atoms in total. The number of aromatic nitrogens is 3. The Hall–Kier alpha value is -2.42. The first-order valence-electron chi connectivity index (χ1n) is 8.18. The van der Waals surface area contributed by atoms with Crippen LogP contribution in [0.2, 0.25) is 0 Å². The summed E-state index contributed by atoms with van der Waals surface area (Å²) in [5, 5.41) is 6.68. The molecule has 3 aromatic rings. The fraction of sp³-hybridized carbons (Fsp3) is 0.211. The van der Waals surface area contributed by atoms with Gasteiger partial charge in [0.05, 0.1) is 0 Å². The van der Waals surface area contributed by atoms with Crippen molar-refractivity contribution >= 4 is 29.9 Å². The summed E-state index contributed by atoms with van der Waals surface area (Å²) in [6.45, 7) is 3.52. The lowest BCUT2D eigenvalue weighted by atomic mass is 10.1. The summed E-state index contributed by atoms with van der Waals surface area (Å²) in [6, 6.07) is 12.4. The third-order valence-electron chi connectivity index (χ3n) is 3.97. The van der Waals surface area contributed by atoms with Gasteiger partial charge in [-0.25, -0.2) is 9.97 Å². The fourth-order valence-corrected chi connectivity index (χ4v) is 2.50. The molecular formula is C19H23IN6. The Kier molecular flexibility index (Phi) is 7.58. The molecule has 3 rings (SSSR count). The number of guanidine groups is 1. The van der Waals surface area contributed by atoms with Gasteiger partial charge in [0.15, 0.2) is 5.96 Å². The molecule has 26 heavy (non-hydrogen) atoms. The second kappa shape index (κ2) is 9.91. The molecule has 0 spiro atoms. The number of halogens is 1. The molecule has 1 aromatic carbocycles. The zero-order chi connectivity index (χ0) is 17.5. The Morgan fingerprint density at radius 1 is 1.12 bits per heavy atom. The van der Waals surface area contributed by atoms with Gasteiger partial charge in [0.25, 0.3) is 0 Å². The number of imidazole rings is 1. The summed E-state index contributed by atoms with van der Waals surface area (Å²) < 4.78 is 1.88. The number of nitrogens with one attached hydrogen (secondary N) is 2. The molecule has 0 bridgehead atoms. The second-order valence-electron chi connectivity index (χ2n) is 5.70. The summed E-state index contributed by atoms with van der Waals surface area (Å²) in [4.78, 5) is 12.7. The summed E-state index contributed by atoms with van der Waals surface area (Å²) in [5.41, 5.74) is 3.65. The number of aliphatic imine (C=N–C) groups is 1. The number of pyridine rings is 1. The largest absolute Gasteiger partial charge is 0.352 e. The van der Waals surface area contributed by atoms with E-state index in [0.717, 1.165) is 23.9 Å². The highest BCUT2D eigenvalue weighted by atomic mass is 127. The van der Waals surface area contributed by atoms with Crippen LogP contribution >= 0.6 is 24.0 Å². The first-order chi connectivity index (χ1) is 12.3. The van der Waals surface area contributed by atoms with Crippen molar-refractivity contribution in [2.75, 3.05) is 7.05 Å². The molecule has 0 saturated heterocycles. The Morgan fingerprint density at radius 3 is 2.65 bits per heavy atom. The quantitative estimate of drug-likeness (QED) is 0.348. The first-order valence-corrected chi connectivity index (χ1v) is 8.18. The van der Waals surface area contributed by atoms with Gasteiger partial charge in [0.1, 0.15) is 12.1 Å². The van der Waals surface area contributed by atoms with Crippen LogP contribution in [0, 0.1) is 6.92 Å². The number of hydrogen-bond donors (Lipinski definition) is 2. The maximum Gasteiger partial charge on any atom is 0.191 e. The molecule has 2 N–H and O–H groups in total. The van der Waals surface area contributed by atoms with Crippen molar-refractivity contribution in [3.63, 3.8) is 0 Å². The van der Waals surface area contributed by atoms with E-state index < -0.39 is 0 Å². The standard InChI is InChI=1S/C19H22N6.HI/c1-15-5-3-4-6-17(15)13-24-19(20-2)23-12-16-7-8-22-18(11-16)25-10-9-21-14-25;/h3-11,14H,12-13H2,1-2H3,(H2,20,23,24);1H. The van der Waals surface area contributed by atoms with Gasteiger partial charge in [-0.3, -0.25) is 9.56 Å². The van der Waals surface area contributed by atoms with Crippen LogP contribution in [-0.2, 0) is 13.1 Å². The molecule has 0 radical (unpaired) electrons. The lowest BCUT2D eigenvalue weighted by Gasteiger charge is -2.13. The molecule has 0 aliphatic carbocycles. The zero-order valence-electron chi connectivity index (χ0n) is 14.9. The minimum Gasteiger partial charge on any atom is -0.352 e. The van der Waals surface area contributed by atoms with Crippen LogP contribution in [0.15, 0.2) is 66.3 Å². The van der Waals surface area contributed by atoms with E-state index in [9.17, 15) is 0 Å². The van der Waals surface area contributed by atoms with Crippen molar-refractivity contribution in [3.8, 4) is 5.82 Å². The van der Waals surface area contributed by atoms with E-state index in [0.29, 0.717) is 6.54 Å².